The van der Waals surface area contributed by atoms with Crippen LogP contribution in [-0.2, 0) is 0 Å². The van der Waals surface area contributed by atoms with E-state index >= 15 is 0 Å². The normalized spacial score (nSPS) is 11.1. The lowest BCUT2D eigenvalue weighted by molar-refractivity contribution is 1.44. The lowest BCUT2D eigenvalue weighted by Crippen LogP contribution is -1.77. The predicted octanol–water partition coefficient (Wildman–Crippen LogP) is 4.12. The van der Waals surface area contributed by atoms with E-state index in [2.05, 4.69) is 42.4 Å². The van der Waals surface area contributed by atoms with Gasteiger partial charge in [0, 0.05) is 11.1 Å². The second-order valence-corrected chi connectivity index (χ2v) is 4.51. The highest BCUT2D eigenvalue weighted by Gasteiger charge is 1.94. The van der Waals surface area contributed by atoms with E-state index in [-0.39, 0.29) is 0 Å². The Bertz CT molecular complexity index is 466. The fraction of sp³-hybridized carbons (Fsp3) is 0.154. The van der Waals surface area contributed by atoms with Gasteiger partial charge in [-0.1, -0.05) is 17.7 Å². The summed E-state index contributed by atoms with van der Waals surface area (Å²) in [5.74, 6) is 0. The van der Waals surface area contributed by atoms with Crippen LogP contribution in [0.15, 0.2) is 40.7 Å². The fourth-order valence-electron chi connectivity index (χ4n) is 1.28. The van der Waals surface area contributed by atoms with E-state index in [1.54, 1.807) is 11.3 Å². The summed E-state index contributed by atoms with van der Waals surface area (Å²) in [5.41, 5.74) is 3.56. The van der Waals surface area contributed by atoms with E-state index in [1.807, 2.05) is 18.3 Å². The molecule has 0 aliphatic heterocycles. The standard InChI is InChI=1S/C13H13NS/c1-10-3-5-12(6-4-10)14-9-13-11(2)7-8-15-13/h3-9H,1-2H3. The zero-order chi connectivity index (χ0) is 10.7. The van der Waals surface area contributed by atoms with E-state index < -0.39 is 0 Å². The summed E-state index contributed by atoms with van der Waals surface area (Å²) in [7, 11) is 0. The average molecular weight is 215 g/mol. The smallest absolute Gasteiger partial charge is 0.0630 e. The maximum atomic E-state index is 4.44. The monoisotopic (exact) mass is 215 g/mol. The second kappa shape index (κ2) is 4.41. The third-order valence-corrected chi connectivity index (χ3v) is 3.22. The number of rotatable bonds is 2. The second-order valence-electron chi connectivity index (χ2n) is 3.56. The first-order chi connectivity index (χ1) is 7.25. The number of benzene rings is 1. The Kier molecular flexibility index (Phi) is 2.97. The zero-order valence-electron chi connectivity index (χ0n) is 8.90. The highest BCUT2D eigenvalue weighted by atomic mass is 32.1. The van der Waals surface area contributed by atoms with E-state index in [1.165, 1.54) is 16.0 Å². The molecule has 2 rings (SSSR count). The van der Waals surface area contributed by atoms with Crippen molar-refractivity contribution in [1.29, 1.82) is 0 Å². The maximum absolute atomic E-state index is 4.44. The molecule has 15 heavy (non-hydrogen) atoms. The van der Waals surface area contributed by atoms with E-state index in [0.717, 1.165) is 5.69 Å². The molecule has 2 aromatic rings. The average Bonchev–Trinajstić information content (AvgIpc) is 2.63. The molecule has 0 radical (unpaired) electrons. The number of hydrogen-bond donors (Lipinski definition) is 0. The summed E-state index contributed by atoms with van der Waals surface area (Å²) in [5, 5.41) is 2.09. The van der Waals surface area contributed by atoms with Crippen molar-refractivity contribution >= 4 is 23.2 Å². The molecule has 0 spiro atoms. The molecule has 0 fully saturated rings. The van der Waals surface area contributed by atoms with Gasteiger partial charge in [0.25, 0.3) is 0 Å². The van der Waals surface area contributed by atoms with Gasteiger partial charge in [0.1, 0.15) is 0 Å². The summed E-state index contributed by atoms with van der Waals surface area (Å²) in [6.45, 7) is 4.18. The minimum absolute atomic E-state index is 1.01. The first kappa shape index (κ1) is 10.1. The van der Waals surface area contributed by atoms with E-state index in [9.17, 15) is 0 Å². The molecule has 0 saturated carbocycles. The Hall–Kier alpha value is -1.41. The Morgan fingerprint density at radius 3 is 2.40 bits per heavy atom. The predicted molar refractivity (Wildman–Crippen MR) is 67.5 cm³/mol. The van der Waals surface area contributed by atoms with Crippen molar-refractivity contribution in [2.75, 3.05) is 0 Å². The van der Waals surface area contributed by atoms with Crippen molar-refractivity contribution in [3.05, 3.63) is 51.7 Å². The SMILES string of the molecule is Cc1ccc(N=Cc2sccc2C)cc1. The van der Waals surface area contributed by atoms with Crippen LogP contribution in [-0.4, -0.2) is 6.21 Å². The Balaban J connectivity index is 2.19. The molecule has 1 aromatic heterocycles. The van der Waals surface area contributed by atoms with Crippen molar-refractivity contribution in [2.45, 2.75) is 13.8 Å². The Labute approximate surface area is 94.1 Å². The van der Waals surface area contributed by atoms with Crippen LogP contribution in [0.3, 0.4) is 0 Å². The van der Waals surface area contributed by atoms with Gasteiger partial charge in [0.05, 0.1) is 5.69 Å². The molecule has 0 unspecified atom stereocenters. The molecular weight excluding hydrogens is 202 g/mol. The number of aliphatic imine (C=N–C) groups is 1. The molecule has 1 nitrogen and oxygen atoms in total. The van der Waals surface area contributed by atoms with Crippen molar-refractivity contribution < 1.29 is 0 Å². The molecule has 76 valence electrons. The third-order valence-electron chi connectivity index (χ3n) is 2.27. The van der Waals surface area contributed by atoms with Gasteiger partial charge in [0.15, 0.2) is 0 Å². The summed E-state index contributed by atoms with van der Waals surface area (Å²) in [6, 6.07) is 10.3. The van der Waals surface area contributed by atoms with E-state index in [0.29, 0.717) is 0 Å². The van der Waals surface area contributed by atoms with Gasteiger partial charge >= 0.3 is 0 Å². The number of hydrogen-bond acceptors (Lipinski definition) is 2. The van der Waals surface area contributed by atoms with Crippen LogP contribution in [0.4, 0.5) is 5.69 Å². The zero-order valence-corrected chi connectivity index (χ0v) is 9.71. The van der Waals surface area contributed by atoms with Gasteiger partial charge in [-0.25, -0.2) is 0 Å². The lowest BCUT2D eigenvalue weighted by Gasteiger charge is -1.94. The van der Waals surface area contributed by atoms with Gasteiger partial charge < -0.3 is 0 Å². The first-order valence-electron chi connectivity index (χ1n) is 4.90. The maximum Gasteiger partial charge on any atom is 0.0630 e. The highest BCUT2D eigenvalue weighted by molar-refractivity contribution is 7.11. The minimum Gasteiger partial charge on any atom is -0.255 e. The summed E-state index contributed by atoms with van der Waals surface area (Å²) in [4.78, 5) is 5.67. The van der Waals surface area contributed by atoms with Crippen molar-refractivity contribution in [3.8, 4) is 0 Å². The molecule has 0 aliphatic carbocycles. The molecular formula is C13H13NS. The quantitative estimate of drug-likeness (QED) is 0.668. The molecule has 1 heterocycles. The molecule has 1 aromatic carbocycles. The third kappa shape index (κ3) is 2.54. The van der Waals surface area contributed by atoms with Crippen molar-refractivity contribution in [1.82, 2.24) is 0 Å². The summed E-state index contributed by atoms with van der Waals surface area (Å²) >= 11 is 1.72. The van der Waals surface area contributed by atoms with Crippen LogP contribution in [0, 0.1) is 13.8 Å². The molecule has 2 heteroatoms. The molecule has 0 atom stereocenters. The highest BCUT2D eigenvalue weighted by Crippen LogP contribution is 2.16. The summed E-state index contributed by atoms with van der Waals surface area (Å²) in [6.07, 6.45) is 1.94. The van der Waals surface area contributed by atoms with Gasteiger partial charge in [-0.05, 0) is 43.0 Å². The van der Waals surface area contributed by atoms with Crippen LogP contribution >= 0.6 is 11.3 Å². The van der Waals surface area contributed by atoms with Crippen LogP contribution in [0.5, 0.6) is 0 Å². The van der Waals surface area contributed by atoms with Gasteiger partial charge in [-0.3, -0.25) is 4.99 Å². The molecule has 0 bridgehead atoms. The van der Waals surface area contributed by atoms with E-state index in [4.69, 9.17) is 0 Å². The largest absolute Gasteiger partial charge is 0.255 e. The van der Waals surface area contributed by atoms with Crippen LogP contribution in [0.2, 0.25) is 0 Å². The van der Waals surface area contributed by atoms with Gasteiger partial charge in [-0.2, -0.15) is 0 Å². The van der Waals surface area contributed by atoms with Crippen LogP contribution in [0.1, 0.15) is 16.0 Å². The summed E-state index contributed by atoms with van der Waals surface area (Å²) < 4.78 is 0. The number of nitrogens with zero attached hydrogens (tertiary/aromatic N) is 1. The van der Waals surface area contributed by atoms with Crippen LogP contribution < -0.4 is 0 Å². The number of thiophene rings is 1. The van der Waals surface area contributed by atoms with Gasteiger partial charge in [0.2, 0.25) is 0 Å². The first-order valence-corrected chi connectivity index (χ1v) is 5.78. The Morgan fingerprint density at radius 1 is 1.07 bits per heavy atom. The Morgan fingerprint density at radius 2 is 1.80 bits per heavy atom. The molecule has 0 N–H and O–H groups in total. The lowest BCUT2D eigenvalue weighted by atomic mass is 10.2. The molecule has 0 amide bonds. The van der Waals surface area contributed by atoms with Gasteiger partial charge in [-0.15, -0.1) is 11.3 Å². The number of aryl methyl sites for hydroxylation is 2. The topological polar surface area (TPSA) is 12.4 Å². The molecule has 0 saturated heterocycles. The fourth-order valence-corrected chi connectivity index (χ4v) is 2.07. The van der Waals surface area contributed by atoms with Crippen molar-refractivity contribution in [3.63, 3.8) is 0 Å². The molecule has 0 aliphatic rings. The van der Waals surface area contributed by atoms with Crippen LogP contribution in [0.25, 0.3) is 0 Å². The van der Waals surface area contributed by atoms with Crippen molar-refractivity contribution in [2.24, 2.45) is 4.99 Å². The minimum atomic E-state index is 1.01.